The lowest BCUT2D eigenvalue weighted by Crippen LogP contribution is -2.35. The van der Waals surface area contributed by atoms with E-state index >= 15 is 0 Å². The first-order chi connectivity index (χ1) is 3.84. The Kier molecular flexibility index (Phi) is 1.65. The molecule has 0 aromatic carbocycles. The molecule has 0 aromatic heterocycles. The van der Waals surface area contributed by atoms with E-state index < -0.39 is 6.10 Å². The lowest BCUT2D eigenvalue weighted by molar-refractivity contribution is -0.0941. The van der Waals surface area contributed by atoms with Crippen LogP contribution in [0.25, 0.3) is 0 Å². The molecular weight excluding hydrogens is 104 g/mol. The third-order valence-electron chi connectivity index (χ3n) is 1.36. The van der Waals surface area contributed by atoms with Crippen molar-refractivity contribution >= 4 is 0 Å². The van der Waals surface area contributed by atoms with Gasteiger partial charge in [-0.2, -0.15) is 0 Å². The van der Waals surface area contributed by atoms with E-state index in [0.717, 1.165) is 0 Å². The van der Waals surface area contributed by atoms with Crippen LogP contribution in [0, 0.1) is 5.92 Å². The van der Waals surface area contributed by atoms with Crippen molar-refractivity contribution in [2.75, 3.05) is 13.2 Å². The average molecular weight is 113 g/mol. The van der Waals surface area contributed by atoms with Crippen molar-refractivity contribution in [1.29, 1.82) is 0 Å². The summed E-state index contributed by atoms with van der Waals surface area (Å²) in [5.74, 6) is 0.201. The molecule has 2 nitrogen and oxygen atoms in total. The number of hydrogen-bond acceptors (Lipinski definition) is 1. The van der Waals surface area contributed by atoms with Crippen molar-refractivity contribution in [3.63, 3.8) is 0 Å². The Balaban J connectivity index is 2.22. The Hall–Kier alpha value is -0.340. The molecule has 0 aromatic rings. The van der Waals surface area contributed by atoms with Crippen molar-refractivity contribution in [2.24, 2.45) is 5.92 Å². The van der Waals surface area contributed by atoms with Crippen LogP contribution in [-0.4, -0.2) is 19.3 Å². The van der Waals surface area contributed by atoms with Crippen LogP contribution in [0.1, 0.15) is 0 Å². The van der Waals surface area contributed by atoms with Crippen LogP contribution < -0.4 is 0 Å². The molecule has 0 N–H and O–H groups in total. The maximum atomic E-state index is 10.7. The second-order valence-corrected chi connectivity index (χ2v) is 2.00. The van der Waals surface area contributed by atoms with E-state index in [1.54, 1.807) is 0 Å². The van der Waals surface area contributed by atoms with Gasteiger partial charge in [-0.1, -0.05) is 6.08 Å². The third kappa shape index (κ3) is 0.904. The molecule has 0 bridgehead atoms. The normalized spacial score (nSPS) is 24.1. The Morgan fingerprint density at radius 3 is 2.50 bits per heavy atom. The molecule has 0 amide bonds. The summed E-state index contributed by atoms with van der Waals surface area (Å²) in [5, 5.41) is 10.7. The number of hydrogen-bond donors (Lipinski definition) is 0. The fourth-order valence-electron chi connectivity index (χ4n) is 0.636. The zero-order valence-corrected chi connectivity index (χ0v) is 4.67. The van der Waals surface area contributed by atoms with Crippen LogP contribution in [-0.2, 0) is 9.84 Å². The molecule has 1 unspecified atom stereocenters. The lowest BCUT2D eigenvalue weighted by atomic mass is 10.0. The first-order valence-corrected chi connectivity index (χ1v) is 2.70. The molecule has 1 aliphatic heterocycles. The highest BCUT2D eigenvalue weighted by molar-refractivity contribution is 4.86. The van der Waals surface area contributed by atoms with Crippen molar-refractivity contribution in [2.45, 2.75) is 6.10 Å². The highest BCUT2D eigenvalue weighted by atomic mass is 16.5. The topological polar surface area (TPSA) is 29.1 Å². The molecule has 1 aliphatic rings. The zero-order chi connectivity index (χ0) is 5.98. The van der Waals surface area contributed by atoms with E-state index in [2.05, 4.69) is 6.58 Å². The van der Waals surface area contributed by atoms with Crippen LogP contribution in [0.2, 0.25) is 0 Å². The van der Waals surface area contributed by atoms with Gasteiger partial charge in [-0.3, -0.25) is 0 Å². The van der Waals surface area contributed by atoms with Gasteiger partial charge in [0.2, 0.25) is 0 Å². The quantitative estimate of drug-likeness (QED) is 0.482. The summed E-state index contributed by atoms with van der Waals surface area (Å²) in [6.45, 7) is 4.65. The fourth-order valence-corrected chi connectivity index (χ4v) is 0.636. The standard InChI is InChI=1S/C6H9O2/c1-2-6(7)5-3-8-4-5/h2,5-6H,1,3-4H2. The number of ether oxygens (including phenoxy) is 1. The molecule has 8 heavy (non-hydrogen) atoms. The monoisotopic (exact) mass is 113 g/mol. The highest BCUT2D eigenvalue weighted by Crippen LogP contribution is 2.15. The Morgan fingerprint density at radius 2 is 2.38 bits per heavy atom. The van der Waals surface area contributed by atoms with Crippen molar-refractivity contribution < 1.29 is 9.84 Å². The second kappa shape index (κ2) is 2.29. The SMILES string of the molecule is C=CC([O])C1COC1. The number of rotatable bonds is 2. The Bertz CT molecular complexity index is 86.5. The van der Waals surface area contributed by atoms with Gasteiger partial charge in [0.1, 0.15) is 6.10 Å². The van der Waals surface area contributed by atoms with E-state index in [1.807, 2.05) is 0 Å². The summed E-state index contributed by atoms with van der Waals surface area (Å²) in [6.07, 6.45) is 0.830. The van der Waals surface area contributed by atoms with Gasteiger partial charge in [0.15, 0.2) is 0 Å². The van der Waals surface area contributed by atoms with Gasteiger partial charge >= 0.3 is 0 Å². The molecule has 2 heteroatoms. The summed E-state index contributed by atoms with van der Waals surface area (Å²) in [5.41, 5.74) is 0. The fraction of sp³-hybridized carbons (Fsp3) is 0.667. The molecule has 1 atom stereocenters. The van der Waals surface area contributed by atoms with Gasteiger partial charge in [0.05, 0.1) is 13.2 Å². The molecule has 0 saturated carbocycles. The molecule has 1 heterocycles. The van der Waals surface area contributed by atoms with Crippen LogP contribution in [0.5, 0.6) is 0 Å². The molecular formula is C6H9O2. The van der Waals surface area contributed by atoms with Gasteiger partial charge in [-0.25, -0.2) is 5.11 Å². The summed E-state index contributed by atoms with van der Waals surface area (Å²) in [4.78, 5) is 0. The third-order valence-corrected chi connectivity index (χ3v) is 1.36. The smallest absolute Gasteiger partial charge is 0.118 e. The molecule has 0 spiro atoms. The van der Waals surface area contributed by atoms with Crippen molar-refractivity contribution in [3.8, 4) is 0 Å². The maximum Gasteiger partial charge on any atom is 0.118 e. The van der Waals surface area contributed by atoms with Gasteiger partial charge < -0.3 is 4.74 Å². The van der Waals surface area contributed by atoms with Crippen molar-refractivity contribution in [3.05, 3.63) is 12.7 Å². The van der Waals surface area contributed by atoms with Crippen LogP contribution in [0.4, 0.5) is 0 Å². The van der Waals surface area contributed by atoms with Crippen molar-refractivity contribution in [1.82, 2.24) is 0 Å². The predicted molar refractivity (Wildman–Crippen MR) is 29.0 cm³/mol. The second-order valence-electron chi connectivity index (χ2n) is 2.00. The summed E-state index contributed by atoms with van der Waals surface area (Å²) >= 11 is 0. The largest absolute Gasteiger partial charge is 0.380 e. The van der Waals surface area contributed by atoms with Gasteiger partial charge in [-0.15, -0.1) is 6.58 Å². The van der Waals surface area contributed by atoms with E-state index in [4.69, 9.17) is 4.74 Å². The average Bonchev–Trinajstić information content (AvgIpc) is 1.62. The van der Waals surface area contributed by atoms with E-state index in [1.165, 1.54) is 6.08 Å². The van der Waals surface area contributed by atoms with E-state index in [9.17, 15) is 5.11 Å². The first-order valence-electron chi connectivity index (χ1n) is 2.70. The highest BCUT2D eigenvalue weighted by Gasteiger charge is 2.25. The Labute approximate surface area is 48.8 Å². The predicted octanol–water partition coefficient (Wildman–Crippen LogP) is 0.618. The summed E-state index contributed by atoms with van der Waals surface area (Å²) < 4.78 is 4.81. The van der Waals surface area contributed by atoms with Crippen LogP contribution >= 0.6 is 0 Å². The summed E-state index contributed by atoms with van der Waals surface area (Å²) in [6, 6.07) is 0. The zero-order valence-electron chi connectivity index (χ0n) is 4.67. The Morgan fingerprint density at radius 1 is 1.75 bits per heavy atom. The maximum absolute atomic E-state index is 10.7. The molecule has 45 valence electrons. The molecule has 1 radical (unpaired) electrons. The first kappa shape index (κ1) is 5.79. The minimum atomic E-state index is -0.608. The molecule has 1 saturated heterocycles. The van der Waals surface area contributed by atoms with Gasteiger partial charge in [0, 0.05) is 5.92 Å². The molecule has 1 rings (SSSR count). The van der Waals surface area contributed by atoms with Crippen LogP contribution in [0.15, 0.2) is 12.7 Å². The lowest BCUT2D eigenvalue weighted by Gasteiger charge is -2.27. The van der Waals surface area contributed by atoms with Crippen LogP contribution in [0.3, 0.4) is 0 Å². The van der Waals surface area contributed by atoms with E-state index in [0.29, 0.717) is 13.2 Å². The summed E-state index contributed by atoms with van der Waals surface area (Å²) in [7, 11) is 0. The minimum absolute atomic E-state index is 0.201. The molecule has 1 fully saturated rings. The van der Waals surface area contributed by atoms with Gasteiger partial charge in [-0.05, 0) is 0 Å². The minimum Gasteiger partial charge on any atom is -0.380 e. The van der Waals surface area contributed by atoms with Gasteiger partial charge in [0.25, 0.3) is 0 Å². The van der Waals surface area contributed by atoms with E-state index in [-0.39, 0.29) is 5.92 Å². The molecule has 0 aliphatic carbocycles.